The Morgan fingerprint density at radius 3 is 2.40 bits per heavy atom. The molecule has 1 fully saturated rings. The number of Topliss-reactive ketones (excluding diaryl/α,β-unsaturated/α-hetero) is 1. The van der Waals surface area contributed by atoms with Gasteiger partial charge in [0.1, 0.15) is 5.78 Å². The summed E-state index contributed by atoms with van der Waals surface area (Å²) in [5.41, 5.74) is 0. The van der Waals surface area contributed by atoms with E-state index >= 15 is 0 Å². The fourth-order valence-electron chi connectivity index (χ4n) is 1.59. The number of hydrogen-bond acceptors (Lipinski definition) is 2. The highest BCUT2D eigenvalue weighted by Gasteiger charge is 2.26. The highest BCUT2D eigenvalue weighted by atomic mass is 16.3. The van der Waals surface area contributed by atoms with Crippen LogP contribution in [0.25, 0.3) is 0 Å². The van der Waals surface area contributed by atoms with Crippen molar-refractivity contribution in [2.24, 2.45) is 5.92 Å². The van der Waals surface area contributed by atoms with Crippen LogP contribution in [0.5, 0.6) is 0 Å². The highest BCUT2D eigenvalue weighted by molar-refractivity contribution is 5.78. The van der Waals surface area contributed by atoms with Crippen molar-refractivity contribution in [3.05, 3.63) is 0 Å². The first kappa shape index (κ1) is 7.73. The van der Waals surface area contributed by atoms with E-state index in [-0.39, 0.29) is 17.8 Å². The van der Waals surface area contributed by atoms with E-state index < -0.39 is 0 Å². The molecule has 0 aliphatic heterocycles. The lowest BCUT2D eigenvalue weighted by atomic mass is 9.84. The van der Waals surface area contributed by atoms with Crippen molar-refractivity contribution in [1.29, 1.82) is 0 Å². The maximum absolute atomic E-state index is 10.8. The van der Waals surface area contributed by atoms with Crippen LogP contribution in [0.2, 0.25) is 0 Å². The molecule has 0 amide bonds. The van der Waals surface area contributed by atoms with E-state index in [0.717, 1.165) is 25.7 Å². The quantitative estimate of drug-likeness (QED) is 0.595. The van der Waals surface area contributed by atoms with Crippen LogP contribution in [0.15, 0.2) is 0 Å². The smallest absolute Gasteiger partial charge is 0.135 e. The van der Waals surface area contributed by atoms with Crippen molar-refractivity contribution in [1.82, 2.24) is 0 Å². The molecule has 0 unspecified atom stereocenters. The molecule has 0 aromatic heterocycles. The van der Waals surface area contributed by atoms with Gasteiger partial charge < -0.3 is 5.11 Å². The lowest BCUT2D eigenvalue weighted by molar-refractivity contribution is -0.125. The molecule has 2 heteroatoms. The second-order valence-electron chi connectivity index (χ2n) is 3.07. The summed E-state index contributed by atoms with van der Waals surface area (Å²) in [5.74, 6) is 0.0842. The van der Waals surface area contributed by atoms with E-state index in [1.807, 2.05) is 0 Å². The van der Waals surface area contributed by atoms with Gasteiger partial charge in [0.25, 0.3) is 0 Å². The van der Waals surface area contributed by atoms with Crippen LogP contribution < -0.4 is 0 Å². The largest absolute Gasteiger partial charge is 0.392 e. The molecule has 0 bridgehead atoms. The Kier molecular flexibility index (Phi) is 2.44. The molecule has 10 heavy (non-hydrogen) atoms. The first-order valence-corrected chi connectivity index (χ1v) is 3.90. The molecule has 0 saturated heterocycles. The van der Waals surface area contributed by atoms with Crippen molar-refractivity contribution < 1.29 is 9.90 Å². The van der Waals surface area contributed by atoms with Gasteiger partial charge in [-0.05, 0) is 19.8 Å². The average Bonchev–Trinajstić information content (AvgIpc) is 1.88. The second-order valence-corrected chi connectivity index (χ2v) is 3.07. The van der Waals surface area contributed by atoms with E-state index in [9.17, 15) is 9.90 Å². The van der Waals surface area contributed by atoms with Crippen LogP contribution in [-0.2, 0) is 4.79 Å². The van der Waals surface area contributed by atoms with Crippen LogP contribution in [0, 0.1) is 5.92 Å². The summed E-state index contributed by atoms with van der Waals surface area (Å²) in [4.78, 5) is 10.8. The highest BCUT2D eigenvalue weighted by Crippen LogP contribution is 2.24. The Labute approximate surface area is 61.2 Å². The number of aliphatic hydroxyl groups is 1. The first-order chi connectivity index (χ1) is 4.72. The summed E-state index contributed by atoms with van der Waals surface area (Å²) in [7, 11) is 0. The fourth-order valence-corrected chi connectivity index (χ4v) is 1.59. The van der Waals surface area contributed by atoms with Gasteiger partial charge in [-0.1, -0.05) is 12.8 Å². The van der Waals surface area contributed by atoms with E-state index in [0.29, 0.717) is 0 Å². The van der Waals surface area contributed by atoms with Gasteiger partial charge in [0.05, 0.1) is 6.10 Å². The Bertz CT molecular complexity index is 131. The minimum atomic E-state index is -0.355. The van der Waals surface area contributed by atoms with Gasteiger partial charge in [0.15, 0.2) is 0 Å². The van der Waals surface area contributed by atoms with Crippen molar-refractivity contribution in [3.8, 4) is 0 Å². The average molecular weight is 142 g/mol. The molecule has 1 aliphatic carbocycles. The fraction of sp³-hybridized carbons (Fsp3) is 0.875. The van der Waals surface area contributed by atoms with Gasteiger partial charge >= 0.3 is 0 Å². The Morgan fingerprint density at radius 1 is 1.40 bits per heavy atom. The zero-order valence-corrected chi connectivity index (χ0v) is 6.34. The van der Waals surface area contributed by atoms with Gasteiger partial charge in [0.2, 0.25) is 0 Å². The van der Waals surface area contributed by atoms with Crippen molar-refractivity contribution >= 4 is 5.78 Å². The minimum Gasteiger partial charge on any atom is -0.392 e. The van der Waals surface area contributed by atoms with Crippen LogP contribution in [0.1, 0.15) is 32.6 Å². The first-order valence-electron chi connectivity index (χ1n) is 3.90. The third-order valence-electron chi connectivity index (χ3n) is 2.25. The molecule has 58 valence electrons. The molecule has 1 N–H and O–H groups in total. The summed E-state index contributed by atoms with van der Waals surface area (Å²) in [5, 5.41) is 9.32. The molecule has 1 aliphatic rings. The molecule has 0 spiro atoms. The molecular weight excluding hydrogens is 128 g/mol. The van der Waals surface area contributed by atoms with Crippen molar-refractivity contribution in [2.75, 3.05) is 0 Å². The second kappa shape index (κ2) is 3.15. The number of hydrogen-bond donors (Lipinski definition) is 1. The van der Waals surface area contributed by atoms with Crippen molar-refractivity contribution in [3.63, 3.8) is 0 Å². The summed E-state index contributed by atoms with van der Waals surface area (Å²) >= 11 is 0. The molecule has 1 rings (SSSR count). The van der Waals surface area contributed by atoms with E-state index in [1.165, 1.54) is 0 Å². The summed E-state index contributed by atoms with van der Waals surface area (Å²) < 4.78 is 0. The van der Waals surface area contributed by atoms with E-state index in [1.54, 1.807) is 6.92 Å². The lowest BCUT2D eigenvalue weighted by Gasteiger charge is -2.24. The topological polar surface area (TPSA) is 37.3 Å². The molecule has 0 radical (unpaired) electrons. The molecule has 1 saturated carbocycles. The van der Waals surface area contributed by atoms with E-state index in [4.69, 9.17) is 0 Å². The molecular formula is C8H14O2. The van der Waals surface area contributed by atoms with Gasteiger partial charge in [-0.2, -0.15) is 0 Å². The van der Waals surface area contributed by atoms with Crippen LogP contribution in [0.4, 0.5) is 0 Å². The molecule has 2 atom stereocenters. The third kappa shape index (κ3) is 1.57. The van der Waals surface area contributed by atoms with Gasteiger partial charge in [-0.15, -0.1) is 0 Å². The normalized spacial score (nSPS) is 33.8. The standard InChI is InChI=1S/C8H14O2/c1-6(9)7-4-2-3-5-8(7)10/h7-8,10H,2-5H2,1H3/t7-,8-/m1/s1. The molecule has 2 nitrogen and oxygen atoms in total. The predicted molar refractivity (Wildman–Crippen MR) is 38.6 cm³/mol. The molecule has 0 heterocycles. The van der Waals surface area contributed by atoms with Gasteiger partial charge in [-0.3, -0.25) is 4.79 Å². The summed E-state index contributed by atoms with van der Waals surface area (Å²) in [6, 6.07) is 0. The lowest BCUT2D eigenvalue weighted by Crippen LogP contribution is -2.29. The Balaban J connectivity index is 2.47. The summed E-state index contributed by atoms with van der Waals surface area (Å²) in [6.45, 7) is 1.57. The van der Waals surface area contributed by atoms with Gasteiger partial charge in [-0.25, -0.2) is 0 Å². The van der Waals surface area contributed by atoms with Crippen LogP contribution in [0.3, 0.4) is 0 Å². The monoisotopic (exact) mass is 142 g/mol. The minimum absolute atomic E-state index is 0.0613. The molecule has 0 aromatic rings. The third-order valence-corrected chi connectivity index (χ3v) is 2.25. The zero-order chi connectivity index (χ0) is 7.56. The number of carbonyl (C=O) groups is 1. The summed E-state index contributed by atoms with van der Waals surface area (Å²) in [6.07, 6.45) is 3.51. The van der Waals surface area contributed by atoms with Crippen LogP contribution >= 0.6 is 0 Å². The zero-order valence-electron chi connectivity index (χ0n) is 6.34. The maximum Gasteiger partial charge on any atom is 0.135 e. The predicted octanol–water partition coefficient (Wildman–Crippen LogP) is 1.13. The Morgan fingerprint density at radius 2 is 2.00 bits per heavy atom. The van der Waals surface area contributed by atoms with E-state index in [2.05, 4.69) is 0 Å². The maximum atomic E-state index is 10.8. The number of aliphatic hydroxyl groups excluding tert-OH is 1. The number of carbonyl (C=O) groups excluding carboxylic acids is 1. The van der Waals surface area contributed by atoms with Crippen LogP contribution in [-0.4, -0.2) is 17.0 Å². The molecule has 0 aromatic carbocycles. The van der Waals surface area contributed by atoms with Crippen molar-refractivity contribution in [2.45, 2.75) is 38.7 Å². The Hall–Kier alpha value is -0.370. The number of ketones is 1. The number of rotatable bonds is 1. The SMILES string of the molecule is CC(=O)[C@H]1CCCC[C@H]1O. The van der Waals surface area contributed by atoms with Gasteiger partial charge in [0, 0.05) is 5.92 Å².